The fourth-order valence-electron chi connectivity index (χ4n) is 0.430. The second-order valence-corrected chi connectivity index (χ2v) is 2.07. The normalized spacial score (nSPS) is 33.2. The van der Waals surface area contributed by atoms with E-state index in [-0.39, 0.29) is 5.60 Å². The first-order valence-corrected chi connectivity index (χ1v) is 2.70. The van der Waals surface area contributed by atoms with Crippen LogP contribution in [0.5, 0.6) is 0 Å². The molecule has 0 aromatic carbocycles. The molecule has 0 saturated carbocycles. The minimum atomic E-state index is -0.0995. The lowest BCUT2D eigenvalue weighted by Crippen LogP contribution is -1.97. The molecule has 0 aliphatic carbocycles. The van der Waals surface area contributed by atoms with Gasteiger partial charge in [0.1, 0.15) is 5.60 Å². The monoisotopic (exact) mass is 109 g/mol. The Morgan fingerprint density at radius 1 is 1.88 bits per heavy atom. The number of hydrogen-bond donors (Lipinski definition) is 0. The van der Waals surface area contributed by atoms with Gasteiger partial charge in [0.05, 0.1) is 6.61 Å². The van der Waals surface area contributed by atoms with E-state index in [9.17, 15) is 0 Å². The first-order chi connectivity index (χ1) is 3.77. The van der Waals surface area contributed by atoms with Crippen LogP contribution in [-0.4, -0.2) is 12.2 Å². The lowest BCUT2D eigenvalue weighted by molar-refractivity contribution is 0.378. The van der Waals surface area contributed by atoms with Gasteiger partial charge in [-0.1, -0.05) is 5.92 Å². The Bertz CT molecular complexity index is 134. The van der Waals surface area contributed by atoms with Crippen LogP contribution < -0.4 is 0 Å². The van der Waals surface area contributed by atoms with Gasteiger partial charge < -0.3 is 4.74 Å². The fourth-order valence-corrected chi connectivity index (χ4v) is 0.430. The lowest BCUT2D eigenvalue weighted by atomic mass is 10.2. The molecule has 0 N–H and O–H groups in total. The van der Waals surface area contributed by atoms with Crippen LogP contribution in [-0.2, 0) is 4.74 Å². The van der Waals surface area contributed by atoms with Gasteiger partial charge in [0.2, 0.25) is 0 Å². The van der Waals surface area contributed by atoms with E-state index >= 15 is 0 Å². The lowest BCUT2D eigenvalue weighted by Gasteiger charge is -1.85. The van der Waals surface area contributed by atoms with Crippen LogP contribution in [0.2, 0.25) is 0 Å². The highest BCUT2D eigenvalue weighted by Gasteiger charge is 2.36. The van der Waals surface area contributed by atoms with Gasteiger partial charge in [-0.25, -0.2) is 0 Å². The summed E-state index contributed by atoms with van der Waals surface area (Å²) in [6, 6.07) is 0. The number of rotatable bonds is 0. The molecule has 0 amide bonds. The highest BCUT2D eigenvalue weighted by Crippen LogP contribution is 2.23. The van der Waals surface area contributed by atoms with Crippen molar-refractivity contribution in [2.75, 3.05) is 6.61 Å². The summed E-state index contributed by atoms with van der Waals surface area (Å²) in [4.78, 5) is 0. The highest BCUT2D eigenvalue weighted by molar-refractivity contribution is 5.18. The average Bonchev–Trinajstić information content (AvgIpc) is 2.45. The number of epoxide rings is 1. The molecule has 43 valence electrons. The molecule has 1 aliphatic rings. The van der Waals surface area contributed by atoms with Crippen LogP contribution in [0.1, 0.15) is 13.3 Å². The van der Waals surface area contributed by atoms with Crippen molar-refractivity contribution in [3.8, 4) is 11.8 Å². The molecule has 0 aromatic rings. The van der Waals surface area contributed by atoms with E-state index in [1.165, 1.54) is 0 Å². The number of hydrogen-bond acceptors (Lipinski definition) is 1. The van der Waals surface area contributed by atoms with Crippen molar-refractivity contribution < 1.29 is 4.74 Å². The maximum Gasteiger partial charge on any atom is 0.149 e. The molecule has 1 radical (unpaired) electrons. The molecule has 0 aromatic heterocycles. The molecule has 1 rings (SSSR count). The van der Waals surface area contributed by atoms with Crippen LogP contribution in [0.25, 0.3) is 0 Å². The zero-order valence-electron chi connectivity index (χ0n) is 5.03. The van der Waals surface area contributed by atoms with Crippen LogP contribution in [0, 0.1) is 18.8 Å². The van der Waals surface area contributed by atoms with Gasteiger partial charge >= 0.3 is 0 Å². The SMILES string of the molecule is [CH2]CC#CC1(C)CO1. The molecule has 0 spiro atoms. The van der Waals surface area contributed by atoms with E-state index in [1.807, 2.05) is 6.92 Å². The van der Waals surface area contributed by atoms with Gasteiger partial charge in [0, 0.05) is 6.42 Å². The Morgan fingerprint density at radius 2 is 2.50 bits per heavy atom. The molecule has 1 unspecified atom stereocenters. The minimum absolute atomic E-state index is 0.0995. The van der Waals surface area contributed by atoms with Crippen molar-refractivity contribution in [1.82, 2.24) is 0 Å². The predicted molar refractivity (Wildman–Crippen MR) is 32.1 cm³/mol. The molecular weight excluding hydrogens is 100 g/mol. The van der Waals surface area contributed by atoms with Crippen molar-refractivity contribution in [2.24, 2.45) is 0 Å². The quantitative estimate of drug-likeness (QED) is 0.334. The smallest absolute Gasteiger partial charge is 0.149 e. The molecule has 1 aliphatic heterocycles. The van der Waals surface area contributed by atoms with Crippen LogP contribution in [0.3, 0.4) is 0 Å². The summed E-state index contributed by atoms with van der Waals surface area (Å²) in [5.41, 5.74) is -0.0995. The third-order valence-corrected chi connectivity index (χ3v) is 1.06. The molecule has 1 atom stereocenters. The van der Waals surface area contributed by atoms with Crippen molar-refractivity contribution in [3.63, 3.8) is 0 Å². The Kier molecular flexibility index (Phi) is 1.27. The van der Waals surface area contributed by atoms with Gasteiger partial charge in [0.15, 0.2) is 0 Å². The summed E-state index contributed by atoms with van der Waals surface area (Å²) >= 11 is 0. The Labute approximate surface area is 50.0 Å². The van der Waals surface area contributed by atoms with Crippen molar-refractivity contribution in [2.45, 2.75) is 18.9 Å². The molecule has 1 heteroatoms. The standard InChI is InChI=1S/C7H9O/c1-3-4-5-7(2)6-8-7/h1,3,6H2,2H3. The first kappa shape index (κ1) is 5.65. The largest absolute Gasteiger partial charge is 0.356 e. The molecule has 8 heavy (non-hydrogen) atoms. The second-order valence-electron chi connectivity index (χ2n) is 2.07. The first-order valence-electron chi connectivity index (χ1n) is 2.70. The Balaban J connectivity index is 2.38. The van der Waals surface area contributed by atoms with Crippen molar-refractivity contribution in [1.29, 1.82) is 0 Å². The van der Waals surface area contributed by atoms with E-state index in [2.05, 4.69) is 18.8 Å². The van der Waals surface area contributed by atoms with E-state index in [4.69, 9.17) is 4.74 Å². The van der Waals surface area contributed by atoms with Gasteiger partial charge in [-0.3, -0.25) is 0 Å². The zero-order chi connectivity index (χ0) is 6.04. The minimum Gasteiger partial charge on any atom is -0.356 e. The molecule has 1 nitrogen and oxygen atoms in total. The fraction of sp³-hybridized carbons (Fsp3) is 0.571. The van der Waals surface area contributed by atoms with E-state index in [0.29, 0.717) is 6.42 Å². The van der Waals surface area contributed by atoms with Crippen LogP contribution in [0.4, 0.5) is 0 Å². The zero-order valence-corrected chi connectivity index (χ0v) is 5.03. The summed E-state index contributed by atoms with van der Waals surface area (Å²) in [5.74, 6) is 5.81. The average molecular weight is 109 g/mol. The summed E-state index contributed by atoms with van der Waals surface area (Å²) in [6.45, 7) is 6.36. The second kappa shape index (κ2) is 1.80. The van der Waals surface area contributed by atoms with Crippen molar-refractivity contribution >= 4 is 0 Å². The van der Waals surface area contributed by atoms with E-state index in [0.717, 1.165) is 6.61 Å². The van der Waals surface area contributed by atoms with Gasteiger partial charge in [-0.2, -0.15) is 0 Å². The van der Waals surface area contributed by atoms with Crippen LogP contribution in [0.15, 0.2) is 0 Å². The van der Waals surface area contributed by atoms with Crippen LogP contribution >= 0.6 is 0 Å². The predicted octanol–water partition coefficient (Wildman–Crippen LogP) is 1.00. The molecule has 1 heterocycles. The molecule has 0 bridgehead atoms. The maximum atomic E-state index is 5.00. The number of ether oxygens (including phenoxy) is 1. The van der Waals surface area contributed by atoms with Crippen molar-refractivity contribution in [3.05, 3.63) is 6.92 Å². The third-order valence-electron chi connectivity index (χ3n) is 1.06. The summed E-state index contributed by atoms with van der Waals surface area (Å²) < 4.78 is 5.00. The highest BCUT2D eigenvalue weighted by atomic mass is 16.6. The van der Waals surface area contributed by atoms with Gasteiger partial charge in [-0.15, -0.1) is 5.92 Å². The molecule has 1 saturated heterocycles. The Hall–Kier alpha value is -0.480. The Morgan fingerprint density at radius 3 is 2.88 bits per heavy atom. The van der Waals surface area contributed by atoms with Gasteiger partial charge in [0.25, 0.3) is 0 Å². The topological polar surface area (TPSA) is 12.5 Å². The molecular formula is C7H9O. The third kappa shape index (κ3) is 1.24. The maximum absolute atomic E-state index is 5.00. The van der Waals surface area contributed by atoms with E-state index in [1.54, 1.807) is 0 Å². The summed E-state index contributed by atoms with van der Waals surface area (Å²) in [5, 5.41) is 0. The molecule has 1 fully saturated rings. The van der Waals surface area contributed by atoms with Gasteiger partial charge in [-0.05, 0) is 13.8 Å². The van der Waals surface area contributed by atoms with E-state index < -0.39 is 0 Å². The summed E-state index contributed by atoms with van der Waals surface area (Å²) in [6.07, 6.45) is 0.680. The summed E-state index contributed by atoms with van der Waals surface area (Å²) in [7, 11) is 0.